The monoisotopic (exact) mass is 476 g/mol. The molecule has 7 nitrogen and oxygen atoms in total. The van der Waals surface area contributed by atoms with E-state index in [1.807, 2.05) is 36.4 Å². The predicted octanol–water partition coefficient (Wildman–Crippen LogP) is 4.24. The number of amides is 1. The Morgan fingerprint density at radius 1 is 0.971 bits per heavy atom. The summed E-state index contributed by atoms with van der Waals surface area (Å²) in [4.78, 5) is 31.3. The maximum absolute atomic E-state index is 13.6. The van der Waals surface area contributed by atoms with Crippen molar-refractivity contribution in [2.75, 3.05) is 46.0 Å². The van der Waals surface area contributed by atoms with E-state index in [0.717, 1.165) is 63.4 Å². The number of hydrogen-bond acceptors (Lipinski definition) is 6. The van der Waals surface area contributed by atoms with Crippen LogP contribution in [-0.2, 0) is 4.74 Å². The number of rotatable bonds is 9. The normalized spacial score (nSPS) is 18.3. The zero-order valence-electron chi connectivity index (χ0n) is 20.2. The number of unbranched alkanes of at least 4 members (excludes halogenated alkanes) is 1. The first kappa shape index (κ1) is 23.6. The van der Waals surface area contributed by atoms with Crippen LogP contribution in [0.4, 0.5) is 0 Å². The molecule has 1 fully saturated rings. The van der Waals surface area contributed by atoms with Crippen LogP contribution in [0.2, 0.25) is 0 Å². The first-order valence-corrected chi connectivity index (χ1v) is 12.6. The quantitative estimate of drug-likeness (QED) is 0.430. The Bertz CT molecular complexity index is 1230. The van der Waals surface area contributed by atoms with Gasteiger partial charge in [-0.3, -0.25) is 14.5 Å². The Balaban J connectivity index is 1.46. The fourth-order valence-corrected chi connectivity index (χ4v) is 4.91. The summed E-state index contributed by atoms with van der Waals surface area (Å²) in [5.41, 5.74) is 1.62. The van der Waals surface area contributed by atoms with E-state index in [0.29, 0.717) is 29.7 Å². The van der Waals surface area contributed by atoms with Gasteiger partial charge >= 0.3 is 0 Å². The lowest BCUT2D eigenvalue weighted by Gasteiger charge is -2.29. The smallest absolute Gasteiger partial charge is 0.290 e. The van der Waals surface area contributed by atoms with E-state index < -0.39 is 6.04 Å². The number of carbonyl (C=O) groups is 1. The summed E-state index contributed by atoms with van der Waals surface area (Å²) >= 11 is 0. The van der Waals surface area contributed by atoms with E-state index in [4.69, 9.17) is 13.9 Å². The number of hydrogen-bond donors (Lipinski definition) is 0. The van der Waals surface area contributed by atoms with Gasteiger partial charge in [0.25, 0.3) is 5.91 Å². The highest BCUT2D eigenvalue weighted by atomic mass is 16.5. The van der Waals surface area contributed by atoms with Gasteiger partial charge in [-0.05, 0) is 42.7 Å². The fraction of sp³-hybridized carbons (Fsp3) is 0.429. The van der Waals surface area contributed by atoms with Gasteiger partial charge in [-0.25, -0.2) is 0 Å². The lowest BCUT2D eigenvalue weighted by atomic mass is 9.98. The van der Waals surface area contributed by atoms with E-state index in [-0.39, 0.29) is 17.1 Å². The molecule has 2 aromatic carbocycles. The molecular formula is C28H32N2O5. The van der Waals surface area contributed by atoms with Crippen molar-refractivity contribution in [2.24, 2.45) is 0 Å². The van der Waals surface area contributed by atoms with Gasteiger partial charge in [0.1, 0.15) is 11.3 Å². The van der Waals surface area contributed by atoms with E-state index >= 15 is 0 Å². The van der Waals surface area contributed by atoms with Gasteiger partial charge in [0.05, 0.1) is 36.8 Å². The Morgan fingerprint density at radius 3 is 2.51 bits per heavy atom. The Morgan fingerprint density at radius 2 is 1.74 bits per heavy atom. The lowest BCUT2D eigenvalue weighted by molar-refractivity contribution is 0.0353. The largest absolute Gasteiger partial charge is 0.494 e. The molecule has 0 N–H and O–H groups in total. The average molecular weight is 477 g/mol. The van der Waals surface area contributed by atoms with Crippen LogP contribution in [0.15, 0.2) is 57.7 Å². The molecule has 1 atom stereocenters. The summed E-state index contributed by atoms with van der Waals surface area (Å²) in [7, 11) is 0. The summed E-state index contributed by atoms with van der Waals surface area (Å²) in [6.07, 6.45) is 2.88. The molecule has 0 radical (unpaired) electrons. The van der Waals surface area contributed by atoms with E-state index in [9.17, 15) is 9.59 Å². The van der Waals surface area contributed by atoms with Gasteiger partial charge in [0.15, 0.2) is 5.43 Å². The molecule has 0 saturated carbocycles. The number of para-hydroxylation sites is 1. The highest BCUT2D eigenvalue weighted by Crippen LogP contribution is 2.38. The fourth-order valence-electron chi connectivity index (χ4n) is 4.91. The topological polar surface area (TPSA) is 72.2 Å². The van der Waals surface area contributed by atoms with Crippen molar-refractivity contribution >= 4 is 16.9 Å². The van der Waals surface area contributed by atoms with Crippen molar-refractivity contribution in [1.29, 1.82) is 0 Å². The number of carbonyl (C=O) groups excluding carboxylic acids is 1. The molecule has 1 aromatic heterocycles. The first-order valence-electron chi connectivity index (χ1n) is 12.6. The van der Waals surface area contributed by atoms with Crippen LogP contribution in [0.3, 0.4) is 0 Å². The second-order valence-corrected chi connectivity index (χ2v) is 9.15. The van der Waals surface area contributed by atoms with Crippen LogP contribution in [0.1, 0.15) is 53.9 Å². The van der Waals surface area contributed by atoms with Gasteiger partial charge in [-0.2, -0.15) is 0 Å². The molecule has 2 aliphatic rings. The molecule has 3 heterocycles. The van der Waals surface area contributed by atoms with Gasteiger partial charge < -0.3 is 18.8 Å². The summed E-state index contributed by atoms with van der Waals surface area (Å²) in [6, 6.07) is 14.4. The SMILES string of the molecule is CCCCOc1ccc(C2c3c(oc4ccccc4c3=O)C(=O)N2CCCN2CCOCC2)cc1. The minimum absolute atomic E-state index is 0.140. The molecule has 7 heteroatoms. The Hall–Kier alpha value is -3.16. The lowest BCUT2D eigenvalue weighted by Crippen LogP contribution is -2.38. The van der Waals surface area contributed by atoms with Crippen LogP contribution in [-0.4, -0.2) is 61.7 Å². The highest BCUT2D eigenvalue weighted by Gasteiger charge is 2.42. The van der Waals surface area contributed by atoms with Crippen molar-refractivity contribution < 1.29 is 18.7 Å². The third kappa shape index (κ3) is 4.83. The van der Waals surface area contributed by atoms with Gasteiger partial charge in [0, 0.05) is 26.2 Å². The van der Waals surface area contributed by atoms with Gasteiger partial charge in [0.2, 0.25) is 5.76 Å². The maximum Gasteiger partial charge on any atom is 0.290 e. The van der Waals surface area contributed by atoms with Crippen molar-refractivity contribution in [1.82, 2.24) is 9.80 Å². The number of morpholine rings is 1. The summed E-state index contributed by atoms with van der Waals surface area (Å²) in [6.45, 7) is 7.51. The van der Waals surface area contributed by atoms with Crippen molar-refractivity contribution in [3.63, 3.8) is 0 Å². The van der Waals surface area contributed by atoms with Crippen molar-refractivity contribution in [3.05, 3.63) is 75.6 Å². The first-order chi connectivity index (χ1) is 17.2. The van der Waals surface area contributed by atoms with Crippen LogP contribution >= 0.6 is 0 Å². The number of benzene rings is 2. The number of ether oxygens (including phenoxy) is 2. The molecule has 3 aromatic rings. The van der Waals surface area contributed by atoms with Crippen LogP contribution < -0.4 is 10.2 Å². The van der Waals surface area contributed by atoms with Gasteiger partial charge in [-0.1, -0.05) is 37.6 Å². The van der Waals surface area contributed by atoms with Crippen LogP contribution in [0, 0.1) is 0 Å². The molecule has 184 valence electrons. The maximum atomic E-state index is 13.6. The zero-order valence-corrected chi connectivity index (χ0v) is 20.2. The minimum Gasteiger partial charge on any atom is -0.494 e. The molecule has 0 bridgehead atoms. The third-order valence-corrected chi connectivity index (χ3v) is 6.81. The van der Waals surface area contributed by atoms with E-state index in [1.165, 1.54) is 0 Å². The second-order valence-electron chi connectivity index (χ2n) is 9.15. The van der Waals surface area contributed by atoms with Gasteiger partial charge in [-0.15, -0.1) is 0 Å². The standard InChI is InChI=1S/C28H32N2O5/c1-2-3-17-34-21-11-9-20(10-12-21)25-24-26(31)22-7-4-5-8-23(22)35-27(24)28(32)30(25)14-6-13-29-15-18-33-19-16-29/h4-5,7-12,25H,2-3,6,13-19H2,1H3. The molecule has 35 heavy (non-hydrogen) atoms. The van der Waals surface area contributed by atoms with E-state index in [2.05, 4.69) is 11.8 Å². The Labute approximate surface area is 205 Å². The zero-order chi connectivity index (χ0) is 24.2. The highest BCUT2D eigenvalue weighted by molar-refractivity contribution is 5.99. The van der Waals surface area contributed by atoms with E-state index in [1.54, 1.807) is 17.0 Å². The third-order valence-electron chi connectivity index (χ3n) is 6.81. The van der Waals surface area contributed by atoms with Crippen molar-refractivity contribution in [3.8, 4) is 5.75 Å². The molecule has 1 amide bonds. The Kier molecular flexibility index (Phi) is 7.16. The average Bonchev–Trinajstić information content (AvgIpc) is 3.17. The molecule has 1 saturated heterocycles. The summed E-state index contributed by atoms with van der Waals surface area (Å²) < 4.78 is 17.3. The molecule has 0 aliphatic carbocycles. The molecule has 5 rings (SSSR count). The molecular weight excluding hydrogens is 444 g/mol. The summed E-state index contributed by atoms with van der Waals surface area (Å²) in [5.74, 6) is 0.725. The summed E-state index contributed by atoms with van der Waals surface area (Å²) in [5, 5.41) is 0.499. The predicted molar refractivity (Wildman–Crippen MR) is 134 cm³/mol. The van der Waals surface area contributed by atoms with Crippen LogP contribution in [0.25, 0.3) is 11.0 Å². The minimum atomic E-state index is -0.479. The molecule has 0 spiro atoms. The van der Waals surface area contributed by atoms with Crippen molar-refractivity contribution in [2.45, 2.75) is 32.2 Å². The van der Waals surface area contributed by atoms with Crippen LogP contribution in [0.5, 0.6) is 5.75 Å². The molecule has 1 unspecified atom stereocenters. The number of nitrogens with zero attached hydrogens (tertiary/aromatic N) is 2. The molecule has 2 aliphatic heterocycles. The number of fused-ring (bicyclic) bond motifs is 2. The second kappa shape index (κ2) is 10.6.